The highest BCUT2D eigenvalue weighted by atomic mass is 35.5. The summed E-state index contributed by atoms with van der Waals surface area (Å²) in [6.07, 6.45) is 4.23. The quantitative estimate of drug-likeness (QED) is 0.453. The number of carbonyl (C=O) groups is 2. The highest BCUT2D eigenvalue weighted by molar-refractivity contribution is 7.98. The summed E-state index contributed by atoms with van der Waals surface area (Å²) in [5, 5.41) is 3.05. The summed E-state index contributed by atoms with van der Waals surface area (Å²) in [7, 11) is 0. The van der Waals surface area contributed by atoms with Crippen LogP contribution in [-0.2, 0) is 11.3 Å². The number of carbonyl (C=O) groups excluding carboxylic acids is 2. The minimum atomic E-state index is -2.78. The molecule has 0 bridgehead atoms. The number of benzene rings is 1. The first kappa shape index (κ1) is 28.7. The molecule has 2 aromatic rings. The molecule has 216 valence electrons. The van der Waals surface area contributed by atoms with Crippen molar-refractivity contribution < 1.29 is 27.8 Å². The fraction of sp³-hybridized carbons (Fsp3) is 0.536. The van der Waals surface area contributed by atoms with Gasteiger partial charge in [0.2, 0.25) is 5.91 Å². The summed E-state index contributed by atoms with van der Waals surface area (Å²) in [5.41, 5.74) is 1.84. The van der Waals surface area contributed by atoms with Crippen molar-refractivity contribution >= 4 is 35.2 Å². The van der Waals surface area contributed by atoms with E-state index in [1.807, 2.05) is 19.2 Å². The van der Waals surface area contributed by atoms with Gasteiger partial charge in [-0.2, -0.15) is 0 Å². The Balaban J connectivity index is 1.26. The number of H-pyrrole nitrogens is 1. The summed E-state index contributed by atoms with van der Waals surface area (Å²) >= 11 is 7.99. The summed E-state index contributed by atoms with van der Waals surface area (Å²) in [5.74, 6) is -4.04. The van der Waals surface area contributed by atoms with Gasteiger partial charge in [-0.05, 0) is 57.9 Å². The van der Waals surface area contributed by atoms with Gasteiger partial charge in [0.1, 0.15) is 0 Å². The predicted octanol–water partition coefficient (Wildman–Crippen LogP) is 5.07. The fourth-order valence-electron chi connectivity index (χ4n) is 5.84. The summed E-state index contributed by atoms with van der Waals surface area (Å²) < 4.78 is 39.0. The van der Waals surface area contributed by atoms with Crippen LogP contribution in [0.2, 0.25) is 5.02 Å². The third kappa shape index (κ3) is 5.30. The molecule has 0 spiro atoms. The van der Waals surface area contributed by atoms with Gasteiger partial charge in [0.15, 0.2) is 11.5 Å². The van der Waals surface area contributed by atoms with Gasteiger partial charge < -0.3 is 24.7 Å². The van der Waals surface area contributed by atoms with Crippen molar-refractivity contribution in [2.45, 2.75) is 69.6 Å². The van der Waals surface area contributed by atoms with Crippen LogP contribution < -0.4 is 20.3 Å². The highest BCUT2D eigenvalue weighted by Gasteiger charge is 2.51. The molecule has 12 heteroatoms. The lowest BCUT2D eigenvalue weighted by Gasteiger charge is -2.42. The van der Waals surface area contributed by atoms with Crippen molar-refractivity contribution in [2.75, 3.05) is 19.3 Å². The van der Waals surface area contributed by atoms with Crippen molar-refractivity contribution in [2.24, 2.45) is 11.8 Å². The van der Waals surface area contributed by atoms with Crippen LogP contribution in [0.3, 0.4) is 0 Å². The lowest BCUT2D eigenvalue weighted by molar-refractivity contribution is -0.172. The van der Waals surface area contributed by atoms with Crippen molar-refractivity contribution in [1.82, 2.24) is 15.2 Å². The van der Waals surface area contributed by atoms with Gasteiger partial charge in [0.25, 0.3) is 23.2 Å². The number of aryl methyl sites for hydroxylation is 1. The van der Waals surface area contributed by atoms with E-state index in [4.69, 9.17) is 21.1 Å². The number of nitrogens with one attached hydrogen (secondary N) is 2. The molecule has 1 aromatic carbocycles. The third-order valence-corrected chi connectivity index (χ3v) is 9.23. The molecule has 5 rings (SSSR count). The summed E-state index contributed by atoms with van der Waals surface area (Å²) in [6.45, 7) is 4.42. The van der Waals surface area contributed by atoms with Crippen molar-refractivity contribution in [1.29, 1.82) is 0 Å². The number of fused-ring (bicyclic) bond motifs is 1. The maximum absolute atomic E-state index is 13.2. The first-order valence-corrected chi connectivity index (χ1v) is 14.8. The average molecular weight is 596 g/mol. The number of ether oxygens (including phenoxy) is 2. The zero-order valence-electron chi connectivity index (χ0n) is 22.8. The van der Waals surface area contributed by atoms with Crippen LogP contribution in [0.25, 0.3) is 0 Å². The topological polar surface area (TPSA) is 101 Å². The number of hydrogen-bond acceptors (Lipinski definition) is 6. The number of likely N-dealkylation sites (tertiary alicyclic amines) is 1. The Morgan fingerprint density at radius 1 is 1.15 bits per heavy atom. The Morgan fingerprint density at radius 2 is 1.80 bits per heavy atom. The Hall–Kier alpha value is -2.79. The zero-order chi connectivity index (χ0) is 29.0. The van der Waals surface area contributed by atoms with E-state index in [-0.39, 0.29) is 34.9 Å². The van der Waals surface area contributed by atoms with Crippen LogP contribution in [-0.4, -0.2) is 52.8 Å². The maximum Gasteiger partial charge on any atom is 0.282 e. The first-order chi connectivity index (χ1) is 18.8. The minimum Gasteiger partial charge on any atom is -0.448 e. The van der Waals surface area contributed by atoms with Crippen LogP contribution in [0.5, 0.6) is 11.5 Å². The number of alkyl halides is 2. The van der Waals surface area contributed by atoms with Crippen LogP contribution in [0.1, 0.15) is 59.8 Å². The molecule has 1 aliphatic carbocycles. The second-order valence-electron chi connectivity index (χ2n) is 11.0. The van der Waals surface area contributed by atoms with Crippen LogP contribution >= 0.6 is 23.4 Å². The third-order valence-electron chi connectivity index (χ3n) is 8.14. The van der Waals surface area contributed by atoms with E-state index < -0.39 is 30.7 Å². The van der Waals surface area contributed by atoms with E-state index in [9.17, 15) is 23.2 Å². The smallest absolute Gasteiger partial charge is 0.282 e. The maximum atomic E-state index is 13.2. The molecule has 0 unspecified atom stereocenters. The van der Waals surface area contributed by atoms with Gasteiger partial charge in [-0.1, -0.05) is 11.6 Å². The van der Waals surface area contributed by atoms with E-state index in [1.165, 1.54) is 22.7 Å². The fourth-order valence-corrected chi connectivity index (χ4v) is 6.78. The molecule has 40 heavy (non-hydrogen) atoms. The normalized spacial score (nSPS) is 24.9. The number of halogens is 3. The number of rotatable bonds is 6. The molecule has 2 N–H and O–H groups in total. The molecule has 3 heterocycles. The lowest BCUT2D eigenvalue weighted by Crippen LogP contribution is -2.60. The van der Waals surface area contributed by atoms with Crippen LogP contribution in [0, 0.1) is 25.7 Å². The number of pyridine rings is 1. The largest absolute Gasteiger partial charge is 0.448 e. The molecule has 3 aliphatic rings. The molecule has 8 nitrogen and oxygen atoms in total. The van der Waals surface area contributed by atoms with Gasteiger partial charge in [-0.25, -0.2) is 8.78 Å². The lowest BCUT2D eigenvalue weighted by atomic mass is 9.77. The number of aromatic nitrogens is 1. The first-order valence-electron chi connectivity index (χ1n) is 13.2. The second kappa shape index (κ2) is 10.6. The molecule has 1 aromatic heterocycles. The Labute approximate surface area is 240 Å². The van der Waals surface area contributed by atoms with Crippen molar-refractivity contribution in [3.8, 4) is 11.5 Å². The molecule has 1 atom stereocenters. The van der Waals surface area contributed by atoms with E-state index in [0.717, 1.165) is 10.6 Å². The molecular weight excluding hydrogens is 564 g/mol. The molecule has 2 amide bonds. The molecule has 0 radical (unpaired) electrons. The van der Waals surface area contributed by atoms with E-state index in [2.05, 4.69) is 10.3 Å². The van der Waals surface area contributed by atoms with E-state index >= 15 is 0 Å². The molecule has 1 saturated carbocycles. The van der Waals surface area contributed by atoms with Crippen LogP contribution in [0.4, 0.5) is 8.78 Å². The van der Waals surface area contributed by atoms with E-state index in [0.29, 0.717) is 53.9 Å². The van der Waals surface area contributed by atoms with Crippen molar-refractivity contribution in [3.63, 3.8) is 0 Å². The van der Waals surface area contributed by atoms with Crippen molar-refractivity contribution in [3.05, 3.63) is 49.9 Å². The molecule has 1 saturated heterocycles. The van der Waals surface area contributed by atoms with Crippen LogP contribution in [0.15, 0.2) is 21.8 Å². The minimum absolute atomic E-state index is 0.0465. The number of thioether (sulfide) groups is 1. The number of amides is 2. The number of hydrogen-bond donors (Lipinski definition) is 2. The summed E-state index contributed by atoms with van der Waals surface area (Å²) in [6, 6.07) is 3.40. The Morgan fingerprint density at radius 3 is 2.42 bits per heavy atom. The van der Waals surface area contributed by atoms with Gasteiger partial charge in [0, 0.05) is 52.6 Å². The van der Waals surface area contributed by atoms with Gasteiger partial charge in [0.05, 0.1) is 18.1 Å². The summed E-state index contributed by atoms with van der Waals surface area (Å²) in [4.78, 5) is 43.1. The number of nitrogens with zero attached hydrogens (tertiary/aromatic N) is 1. The standard InChI is InChI=1S/C28H32ClF2N3O5S/c1-14-9-21(40-4)19(25(36)33-14)11-32-24(35)18-10-20(29)23-22(15(18)2)38-27(3,39-23)17-7-5-16(6-8-17)26(37)34-12-28(30,31)13-34/h9-10,16-17H,5-8,11-13H2,1-4H3,(H,32,35)(H,33,36)/t16-,17-,27-/m1/s1. The Kier molecular flexibility index (Phi) is 7.58. The van der Waals surface area contributed by atoms with Gasteiger partial charge in [-0.15, -0.1) is 11.8 Å². The zero-order valence-corrected chi connectivity index (χ0v) is 24.4. The predicted molar refractivity (Wildman–Crippen MR) is 148 cm³/mol. The van der Waals surface area contributed by atoms with E-state index in [1.54, 1.807) is 13.8 Å². The Bertz CT molecular complexity index is 1420. The molecule has 2 aliphatic heterocycles. The van der Waals surface area contributed by atoms with Gasteiger partial charge >= 0.3 is 0 Å². The highest BCUT2D eigenvalue weighted by Crippen LogP contribution is 2.52. The monoisotopic (exact) mass is 595 g/mol. The molecule has 2 fully saturated rings. The average Bonchev–Trinajstić information content (AvgIpc) is 3.27. The second-order valence-corrected chi connectivity index (χ2v) is 12.3. The SMILES string of the molecule is CSc1cc(C)[nH]c(=O)c1CNC(=O)c1cc(Cl)c2c(c1C)O[C@@](C)([C@H]1CC[C@H](C(=O)N3CC(F)(F)C3)CC1)O2. The number of aromatic amines is 1. The molecular formula is C28H32ClF2N3O5S. The van der Waals surface area contributed by atoms with Gasteiger partial charge in [-0.3, -0.25) is 14.4 Å².